The van der Waals surface area contributed by atoms with Gasteiger partial charge in [-0.15, -0.1) is 0 Å². The Morgan fingerprint density at radius 1 is 1.45 bits per heavy atom. The number of likely N-dealkylation sites (N-methyl/N-ethyl adjacent to an activating group) is 1. The van der Waals surface area contributed by atoms with Gasteiger partial charge < -0.3 is 10.0 Å². The van der Waals surface area contributed by atoms with Gasteiger partial charge in [-0.2, -0.15) is 5.10 Å². The van der Waals surface area contributed by atoms with Gasteiger partial charge in [-0.25, -0.2) is 0 Å². The fraction of sp³-hybridized carbons (Fsp3) is 0.286. The number of aromatic amines is 1. The van der Waals surface area contributed by atoms with E-state index < -0.39 is 0 Å². The van der Waals surface area contributed by atoms with Crippen LogP contribution in [0.15, 0.2) is 34.8 Å². The average molecular weight is 338 g/mol. The molecule has 1 heterocycles. The van der Waals surface area contributed by atoms with E-state index in [1.54, 1.807) is 20.0 Å². The second-order valence-corrected chi connectivity index (χ2v) is 5.54. The molecule has 0 aliphatic heterocycles. The number of aromatic nitrogens is 2. The van der Waals surface area contributed by atoms with E-state index in [2.05, 4.69) is 26.1 Å². The van der Waals surface area contributed by atoms with E-state index in [-0.39, 0.29) is 18.6 Å². The lowest BCUT2D eigenvalue weighted by atomic mass is 10.1. The average Bonchev–Trinajstić information content (AvgIpc) is 2.95. The van der Waals surface area contributed by atoms with Crippen molar-refractivity contribution in [2.24, 2.45) is 0 Å². The van der Waals surface area contributed by atoms with Crippen LogP contribution < -0.4 is 0 Å². The highest BCUT2D eigenvalue weighted by Crippen LogP contribution is 2.21. The van der Waals surface area contributed by atoms with Crippen molar-refractivity contribution in [3.05, 3.63) is 40.5 Å². The first kappa shape index (κ1) is 14.7. The maximum Gasteiger partial charge on any atom is 0.271 e. The number of amides is 1. The number of aliphatic hydroxyl groups excluding tert-OH is 1. The Labute approximate surface area is 125 Å². The number of aliphatic hydroxyl groups is 1. The van der Waals surface area contributed by atoms with E-state index in [0.717, 1.165) is 10.0 Å². The summed E-state index contributed by atoms with van der Waals surface area (Å²) in [5.74, 6) is -0.192. The standard InChI is InChI=1S/C14H16BrN3O2/c1-9(8-19)18(2)14(20)13-7-12(16-17-13)10-3-5-11(15)6-4-10/h3-7,9,19H,8H2,1-2H3,(H,16,17). The second-order valence-electron chi connectivity index (χ2n) is 4.62. The number of nitrogens with one attached hydrogen (secondary N) is 1. The minimum atomic E-state index is -0.234. The van der Waals surface area contributed by atoms with Crippen molar-refractivity contribution < 1.29 is 9.90 Å². The van der Waals surface area contributed by atoms with E-state index >= 15 is 0 Å². The molecule has 1 atom stereocenters. The molecule has 106 valence electrons. The van der Waals surface area contributed by atoms with Gasteiger partial charge in [-0.3, -0.25) is 9.89 Å². The second kappa shape index (κ2) is 6.19. The van der Waals surface area contributed by atoms with E-state index in [1.165, 1.54) is 4.90 Å². The summed E-state index contributed by atoms with van der Waals surface area (Å²) >= 11 is 3.38. The molecule has 0 radical (unpaired) electrons. The van der Waals surface area contributed by atoms with E-state index in [9.17, 15) is 4.79 Å². The zero-order valence-electron chi connectivity index (χ0n) is 11.3. The van der Waals surface area contributed by atoms with Crippen molar-refractivity contribution in [1.29, 1.82) is 0 Å². The third-order valence-electron chi connectivity index (χ3n) is 3.19. The third-order valence-corrected chi connectivity index (χ3v) is 3.72. The largest absolute Gasteiger partial charge is 0.394 e. The van der Waals surface area contributed by atoms with Gasteiger partial charge in [0.25, 0.3) is 5.91 Å². The molecule has 2 aromatic rings. The van der Waals surface area contributed by atoms with Crippen LogP contribution in [0, 0.1) is 0 Å². The highest BCUT2D eigenvalue weighted by Gasteiger charge is 2.19. The summed E-state index contributed by atoms with van der Waals surface area (Å²) in [7, 11) is 1.66. The number of hydrogen-bond donors (Lipinski definition) is 2. The molecule has 6 heteroatoms. The minimum absolute atomic E-state index is 0.0735. The highest BCUT2D eigenvalue weighted by molar-refractivity contribution is 9.10. The van der Waals surface area contributed by atoms with Crippen LogP contribution in [-0.2, 0) is 0 Å². The number of benzene rings is 1. The maximum atomic E-state index is 12.2. The van der Waals surface area contributed by atoms with Crippen LogP contribution in [-0.4, -0.2) is 45.8 Å². The van der Waals surface area contributed by atoms with Gasteiger partial charge in [-0.1, -0.05) is 28.1 Å². The summed E-state index contributed by atoms with van der Waals surface area (Å²) in [6.07, 6.45) is 0. The first-order valence-corrected chi connectivity index (χ1v) is 7.01. The molecule has 0 aliphatic rings. The summed E-state index contributed by atoms with van der Waals surface area (Å²) in [5, 5.41) is 16.0. The molecule has 1 aromatic heterocycles. The quantitative estimate of drug-likeness (QED) is 0.899. The highest BCUT2D eigenvalue weighted by atomic mass is 79.9. The summed E-state index contributed by atoms with van der Waals surface area (Å²) in [5.41, 5.74) is 2.05. The van der Waals surface area contributed by atoms with Gasteiger partial charge >= 0.3 is 0 Å². The molecule has 0 saturated carbocycles. The smallest absolute Gasteiger partial charge is 0.271 e. The fourth-order valence-electron chi connectivity index (χ4n) is 1.71. The van der Waals surface area contributed by atoms with Crippen molar-refractivity contribution in [3.8, 4) is 11.3 Å². The number of carbonyl (C=O) groups is 1. The van der Waals surface area contributed by atoms with Crippen LogP contribution in [0.1, 0.15) is 17.4 Å². The van der Waals surface area contributed by atoms with Crippen LogP contribution in [0.5, 0.6) is 0 Å². The topological polar surface area (TPSA) is 69.2 Å². The number of hydrogen-bond acceptors (Lipinski definition) is 3. The minimum Gasteiger partial charge on any atom is -0.394 e. The lowest BCUT2D eigenvalue weighted by molar-refractivity contribution is 0.0676. The van der Waals surface area contributed by atoms with Crippen LogP contribution in [0.2, 0.25) is 0 Å². The maximum absolute atomic E-state index is 12.2. The molecule has 2 N–H and O–H groups in total. The number of rotatable bonds is 4. The van der Waals surface area contributed by atoms with Gasteiger partial charge in [0.05, 0.1) is 18.3 Å². The zero-order chi connectivity index (χ0) is 14.7. The molecular formula is C14H16BrN3O2. The molecule has 2 rings (SSSR count). The fourth-order valence-corrected chi connectivity index (χ4v) is 1.98. The number of halogens is 1. The Morgan fingerprint density at radius 3 is 2.70 bits per heavy atom. The lowest BCUT2D eigenvalue weighted by Crippen LogP contribution is -2.37. The Balaban J connectivity index is 2.20. The van der Waals surface area contributed by atoms with Gasteiger partial charge in [-0.05, 0) is 25.1 Å². The molecule has 0 fully saturated rings. The van der Waals surface area contributed by atoms with Crippen LogP contribution in [0.4, 0.5) is 0 Å². The molecule has 20 heavy (non-hydrogen) atoms. The number of carbonyl (C=O) groups excluding carboxylic acids is 1. The van der Waals surface area contributed by atoms with Crippen molar-refractivity contribution >= 4 is 21.8 Å². The Hall–Kier alpha value is -1.66. The normalized spacial score (nSPS) is 12.2. The van der Waals surface area contributed by atoms with Gasteiger partial charge in [0, 0.05) is 17.1 Å². The monoisotopic (exact) mass is 337 g/mol. The lowest BCUT2D eigenvalue weighted by Gasteiger charge is -2.22. The van der Waals surface area contributed by atoms with E-state index in [0.29, 0.717) is 11.4 Å². The molecule has 0 bridgehead atoms. The zero-order valence-corrected chi connectivity index (χ0v) is 12.9. The van der Waals surface area contributed by atoms with Crippen molar-refractivity contribution in [2.75, 3.05) is 13.7 Å². The van der Waals surface area contributed by atoms with E-state index in [4.69, 9.17) is 5.11 Å². The van der Waals surface area contributed by atoms with Gasteiger partial charge in [0.2, 0.25) is 0 Å². The Kier molecular flexibility index (Phi) is 4.57. The van der Waals surface area contributed by atoms with Gasteiger partial charge in [0.15, 0.2) is 0 Å². The molecule has 1 aromatic carbocycles. The first-order chi connectivity index (χ1) is 9.52. The van der Waals surface area contributed by atoms with Crippen LogP contribution in [0.25, 0.3) is 11.3 Å². The van der Waals surface area contributed by atoms with E-state index in [1.807, 2.05) is 24.3 Å². The third kappa shape index (κ3) is 3.08. The Bertz CT molecular complexity index is 595. The van der Waals surface area contributed by atoms with Gasteiger partial charge in [0.1, 0.15) is 5.69 Å². The summed E-state index contributed by atoms with van der Waals surface area (Å²) in [6, 6.07) is 9.17. The molecular weight excluding hydrogens is 322 g/mol. The number of nitrogens with zero attached hydrogens (tertiary/aromatic N) is 2. The van der Waals surface area contributed by atoms with Crippen molar-refractivity contribution in [1.82, 2.24) is 15.1 Å². The SMILES string of the molecule is CC(CO)N(C)C(=O)c1cc(-c2ccc(Br)cc2)n[nH]1. The Morgan fingerprint density at radius 2 is 2.10 bits per heavy atom. The van der Waals surface area contributed by atoms with Crippen LogP contribution >= 0.6 is 15.9 Å². The molecule has 5 nitrogen and oxygen atoms in total. The van der Waals surface area contributed by atoms with Crippen molar-refractivity contribution in [2.45, 2.75) is 13.0 Å². The predicted octanol–water partition coefficient (Wildman–Crippen LogP) is 2.29. The molecule has 1 amide bonds. The first-order valence-electron chi connectivity index (χ1n) is 6.22. The molecule has 1 unspecified atom stereocenters. The summed E-state index contributed by atoms with van der Waals surface area (Å²) in [6.45, 7) is 1.71. The summed E-state index contributed by atoms with van der Waals surface area (Å²) < 4.78 is 0.990. The van der Waals surface area contributed by atoms with Crippen molar-refractivity contribution in [3.63, 3.8) is 0 Å². The molecule has 0 spiro atoms. The predicted molar refractivity (Wildman–Crippen MR) is 80.4 cm³/mol. The molecule has 0 aliphatic carbocycles. The number of H-pyrrole nitrogens is 1. The van der Waals surface area contributed by atoms with Crippen LogP contribution in [0.3, 0.4) is 0 Å². The molecule has 0 saturated heterocycles. The summed E-state index contributed by atoms with van der Waals surface area (Å²) in [4.78, 5) is 13.7.